The average molecular weight is 404 g/mol. The van der Waals surface area contributed by atoms with Crippen LogP contribution in [0.15, 0.2) is 102 Å². The Morgan fingerprint density at radius 3 is 2.21 bits per heavy atom. The average Bonchev–Trinajstić information content (AvgIpc) is 2.74. The van der Waals surface area contributed by atoms with Crippen molar-refractivity contribution in [3.05, 3.63) is 113 Å². The predicted octanol–water partition coefficient (Wildman–Crippen LogP) is 6.21. The molecule has 0 spiro atoms. The van der Waals surface area contributed by atoms with Gasteiger partial charge in [-0.1, -0.05) is 72.3 Å². The SMILES string of the molecule is O=C1C(Sc2ccc(Cl)cc2)C(c2ccccc2)N1C=C=Cc1ccccc1. The van der Waals surface area contributed by atoms with E-state index in [0.717, 1.165) is 16.0 Å². The van der Waals surface area contributed by atoms with Crippen molar-refractivity contribution in [2.24, 2.45) is 0 Å². The van der Waals surface area contributed by atoms with E-state index in [0.29, 0.717) is 5.02 Å². The number of hydrogen-bond donors (Lipinski definition) is 0. The largest absolute Gasteiger partial charge is 0.302 e. The molecule has 1 aliphatic heterocycles. The Hall–Kier alpha value is -2.71. The molecular weight excluding hydrogens is 386 g/mol. The van der Waals surface area contributed by atoms with E-state index in [1.807, 2.05) is 78.9 Å². The minimum absolute atomic E-state index is 0.0222. The number of carbonyl (C=O) groups is 1. The number of likely N-dealkylation sites (tertiary alicyclic amines) is 1. The monoisotopic (exact) mass is 403 g/mol. The quantitative estimate of drug-likeness (QED) is 0.373. The topological polar surface area (TPSA) is 20.3 Å². The molecule has 1 aliphatic rings. The lowest BCUT2D eigenvalue weighted by Crippen LogP contribution is -2.54. The van der Waals surface area contributed by atoms with E-state index in [4.69, 9.17) is 11.6 Å². The second kappa shape index (κ2) is 8.53. The first kappa shape index (κ1) is 18.6. The van der Waals surface area contributed by atoms with Crippen LogP contribution in [0.1, 0.15) is 17.2 Å². The zero-order valence-corrected chi connectivity index (χ0v) is 16.6. The van der Waals surface area contributed by atoms with Crippen molar-refractivity contribution >= 4 is 35.3 Å². The van der Waals surface area contributed by atoms with Gasteiger partial charge in [-0.3, -0.25) is 4.79 Å². The highest BCUT2D eigenvalue weighted by atomic mass is 35.5. The summed E-state index contributed by atoms with van der Waals surface area (Å²) in [6.45, 7) is 0. The molecular formula is C24H18ClNOS. The van der Waals surface area contributed by atoms with E-state index in [1.165, 1.54) is 0 Å². The van der Waals surface area contributed by atoms with Crippen molar-refractivity contribution in [1.82, 2.24) is 4.90 Å². The van der Waals surface area contributed by atoms with Crippen molar-refractivity contribution in [2.75, 3.05) is 0 Å². The lowest BCUT2D eigenvalue weighted by Gasteiger charge is -2.44. The summed E-state index contributed by atoms with van der Waals surface area (Å²) in [5.74, 6) is 0.0859. The van der Waals surface area contributed by atoms with Crippen LogP contribution in [-0.2, 0) is 4.79 Å². The van der Waals surface area contributed by atoms with Gasteiger partial charge in [-0.2, -0.15) is 0 Å². The molecule has 0 N–H and O–H groups in total. The summed E-state index contributed by atoms with van der Waals surface area (Å²) >= 11 is 7.55. The van der Waals surface area contributed by atoms with Crippen molar-refractivity contribution in [1.29, 1.82) is 0 Å². The normalized spacial score (nSPS) is 18.2. The number of benzene rings is 3. The van der Waals surface area contributed by atoms with Crippen molar-refractivity contribution < 1.29 is 4.79 Å². The van der Waals surface area contributed by atoms with Gasteiger partial charge in [0.2, 0.25) is 5.91 Å². The molecule has 0 radical (unpaired) electrons. The number of rotatable bonds is 5. The van der Waals surface area contributed by atoms with Crippen LogP contribution in [0.5, 0.6) is 0 Å². The molecule has 1 amide bonds. The second-order valence-electron chi connectivity index (χ2n) is 6.44. The predicted molar refractivity (Wildman–Crippen MR) is 116 cm³/mol. The summed E-state index contributed by atoms with van der Waals surface area (Å²) in [6.07, 6.45) is 3.64. The van der Waals surface area contributed by atoms with E-state index >= 15 is 0 Å². The number of hydrogen-bond acceptors (Lipinski definition) is 2. The van der Waals surface area contributed by atoms with E-state index in [1.54, 1.807) is 22.9 Å². The third kappa shape index (κ3) is 4.07. The smallest absolute Gasteiger partial charge is 0.243 e. The number of amides is 1. The van der Waals surface area contributed by atoms with Gasteiger partial charge in [-0.25, -0.2) is 0 Å². The molecule has 2 nitrogen and oxygen atoms in total. The summed E-state index contributed by atoms with van der Waals surface area (Å²) in [5, 5.41) is 0.526. The third-order valence-corrected chi connectivity index (χ3v) is 6.07. The number of thioether (sulfide) groups is 1. The molecule has 1 heterocycles. The Kier molecular flexibility index (Phi) is 5.68. The molecule has 0 aliphatic carbocycles. The number of β-lactam (4-membered cyclic amide) rings is 1. The van der Waals surface area contributed by atoms with Gasteiger partial charge < -0.3 is 4.90 Å². The number of carbonyl (C=O) groups excluding carboxylic acids is 1. The summed E-state index contributed by atoms with van der Waals surface area (Å²) in [5.41, 5.74) is 5.32. The zero-order valence-electron chi connectivity index (χ0n) is 15.0. The maximum Gasteiger partial charge on any atom is 0.243 e. The molecule has 3 aromatic carbocycles. The Morgan fingerprint density at radius 1 is 0.893 bits per heavy atom. The Morgan fingerprint density at radius 2 is 1.54 bits per heavy atom. The molecule has 28 heavy (non-hydrogen) atoms. The molecule has 1 saturated heterocycles. The molecule has 0 bridgehead atoms. The van der Waals surface area contributed by atoms with Gasteiger partial charge in [0.05, 0.1) is 12.2 Å². The molecule has 138 valence electrons. The van der Waals surface area contributed by atoms with Gasteiger partial charge in [0.15, 0.2) is 0 Å². The zero-order chi connectivity index (χ0) is 19.3. The third-order valence-electron chi connectivity index (χ3n) is 4.57. The van der Waals surface area contributed by atoms with Gasteiger partial charge in [-0.15, -0.1) is 17.5 Å². The summed E-state index contributed by atoms with van der Waals surface area (Å²) in [6, 6.07) is 27.7. The van der Waals surface area contributed by atoms with Gasteiger partial charge in [-0.05, 0) is 41.5 Å². The fourth-order valence-electron chi connectivity index (χ4n) is 3.15. The van der Waals surface area contributed by atoms with E-state index in [2.05, 4.69) is 17.9 Å². The van der Waals surface area contributed by atoms with Crippen LogP contribution in [0.4, 0.5) is 0 Å². The molecule has 4 rings (SSSR count). The van der Waals surface area contributed by atoms with Gasteiger partial charge >= 0.3 is 0 Å². The van der Waals surface area contributed by atoms with Crippen LogP contribution in [0.25, 0.3) is 6.08 Å². The Bertz CT molecular complexity index is 1010. The van der Waals surface area contributed by atoms with Crippen LogP contribution in [0.3, 0.4) is 0 Å². The molecule has 4 heteroatoms. The maximum absolute atomic E-state index is 12.9. The summed E-state index contributed by atoms with van der Waals surface area (Å²) in [4.78, 5) is 15.7. The molecule has 3 aromatic rings. The first-order chi connectivity index (χ1) is 13.7. The van der Waals surface area contributed by atoms with Gasteiger partial charge in [0, 0.05) is 9.92 Å². The summed E-state index contributed by atoms with van der Waals surface area (Å²) in [7, 11) is 0. The van der Waals surface area contributed by atoms with Crippen LogP contribution < -0.4 is 0 Å². The standard InChI is InChI=1S/C24H18ClNOS/c25-20-13-15-21(16-14-20)28-23-22(19-11-5-2-6-12-19)26(24(23)27)17-7-10-18-8-3-1-4-9-18/h1-6,8-17,22-23H. The van der Waals surface area contributed by atoms with Gasteiger partial charge in [0.25, 0.3) is 0 Å². The number of nitrogens with zero attached hydrogens (tertiary/aromatic N) is 1. The molecule has 0 saturated carbocycles. The Labute approximate surface area is 174 Å². The summed E-state index contributed by atoms with van der Waals surface area (Å²) < 4.78 is 0. The van der Waals surface area contributed by atoms with Crippen LogP contribution in [0.2, 0.25) is 5.02 Å². The van der Waals surface area contributed by atoms with Crippen molar-refractivity contribution in [2.45, 2.75) is 16.2 Å². The van der Waals surface area contributed by atoms with Crippen LogP contribution in [-0.4, -0.2) is 16.1 Å². The Balaban J connectivity index is 1.58. The highest BCUT2D eigenvalue weighted by molar-refractivity contribution is 8.00. The minimum Gasteiger partial charge on any atom is -0.302 e. The lowest BCUT2D eigenvalue weighted by atomic mass is 9.94. The minimum atomic E-state index is -0.168. The van der Waals surface area contributed by atoms with E-state index in [-0.39, 0.29) is 17.2 Å². The van der Waals surface area contributed by atoms with Crippen molar-refractivity contribution in [3.8, 4) is 0 Å². The van der Waals surface area contributed by atoms with E-state index < -0.39 is 0 Å². The highest BCUT2D eigenvalue weighted by Gasteiger charge is 2.47. The fourth-order valence-corrected chi connectivity index (χ4v) is 4.50. The first-order valence-corrected chi connectivity index (χ1v) is 10.2. The van der Waals surface area contributed by atoms with Crippen LogP contribution >= 0.6 is 23.4 Å². The van der Waals surface area contributed by atoms with Gasteiger partial charge in [0.1, 0.15) is 5.25 Å². The van der Waals surface area contributed by atoms with Crippen molar-refractivity contribution in [3.63, 3.8) is 0 Å². The molecule has 2 atom stereocenters. The molecule has 1 fully saturated rings. The second-order valence-corrected chi connectivity index (χ2v) is 8.10. The number of halogens is 1. The lowest BCUT2D eigenvalue weighted by molar-refractivity contribution is -0.140. The maximum atomic E-state index is 12.9. The molecule has 2 unspecified atom stereocenters. The van der Waals surface area contributed by atoms with E-state index in [9.17, 15) is 4.79 Å². The van der Waals surface area contributed by atoms with Crippen LogP contribution in [0, 0.1) is 0 Å². The first-order valence-electron chi connectivity index (χ1n) is 8.99. The highest BCUT2D eigenvalue weighted by Crippen LogP contribution is 2.45. The fraction of sp³-hybridized carbons (Fsp3) is 0.0833. The molecule has 0 aromatic heterocycles.